The summed E-state index contributed by atoms with van der Waals surface area (Å²) in [7, 11) is 0. The summed E-state index contributed by atoms with van der Waals surface area (Å²) in [5, 5.41) is 3.11. The van der Waals surface area contributed by atoms with Crippen molar-refractivity contribution in [2.75, 3.05) is 13.1 Å². The van der Waals surface area contributed by atoms with E-state index in [0.717, 1.165) is 13.1 Å². The van der Waals surface area contributed by atoms with Crippen molar-refractivity contribution in [3.63, 3.8) is 0 Å². The lowest BCUT2D eigenvalue weighted by Gasteiger charge is -1.82. The summed E-state index contributed by atoms with van der Waals surface area (Å²) >= 11 is 0. The van der Waals surface area contributed by atoms with Crippen LogP contribution in [0.2, 0.25) is 0 Å². The SMILES string of the molecule is C1=CCNC1.Cc1ccccc1. The highest BCUT2D eigenvalue weighted by molar-refractivity contribution is 5.11. The van der Waals surface area contributed by atoms with Gasteiger partial charge in [-0.05, 0) is 6.92 Å². The predicted octanol–water partition coefficient (Wildman–Crippen LogP) is 2.14. The third-order valence-corrected chi connectivity index (χ3v) is 1.63. The molecular formula is C11H15N. The number of hydrogen-bond donors (Lipinski definition) is 1. The normalized spacial score (nSPS) is 13.8. The molecule has 0 radical (unpaired) electrons. The van der Waals surface area contributed by atoms with Gasteiger partial charge in [0.15, 0.2) is 0 Å². The molecule has 0 bridgehead atoms. The van der Waals surface area contributed by atoms with E-state index in [1.165, 1.54) is 5.56 Å². The summed E-state index contributed by atoms with van der Waals surface area (Å²) < 4.78 is 0. The van der Waals surface area contributed by atoms with Crippen molar-refractivity contribution in [3.8, 4) is 0 Å². The van der Waals surface area contributed by atoms with Crippen LogP contribution in [-0.2, 0) is 0 Å². The molecule has 0 amide bonds. The van der Waals surface area contributed by atoms with Gasteiger partial charge in [-0.2, -0.15) is 0 Å². The van der Waals surface area contributed by atoms with Gasteiger partial charge in [0, 0.05) is 13.1 Å². The van der Waals surface area contributed by atoms with Gasteiger partial charge < -0.3 is 5.32 Å². The van der Waals surface area contributed by atoms with E-state index in [0.29, 0.717) is 0 Å². The van der Waals surface area contributed by atoms with E-state index in [1.807, 2.05) is 18.2 Å². The standard InChI is InChI=1S/C7H8.C4H7N/c1-7-5-3-2-4-6-7;1-2-4-5-3-1/h2-6H,1H3;1-2,5H,3-4H2. The van der Waals surface area contributed by atoms with Crippen LogP contribution in [0.15, 0.2) is 42.5 Å². The molecular weight excluding hydrogens is 146 g/mol. The minimum atomic E-state index is 1.07. The number of hydrogen-bond acceptors (Lipinski definition) is 1. The topological polar surface area (TPSA) is 12.0 Å². The zero-order chi connectivity index (χ0) is 8.65. The molecule has 0 saturated carbocycles. The zero-order valence-electron chi connectivity index (χ0n) is 7.46. The predicted molar refractivity (Wildman–Crippen MR) is 53.2 cm³/mol. The summed E-state index contributed by atoms with van der Waals surface area (Å²) in [5.41, 5.74) is 1.32. The molecule has 0 aromatic heterocycles. The molecule has 0 unspecified atom stereocenters. The first-order valence-electron chi connectivity index (χ1n) is 4.27. The Bertz CT molecular complexity index is 220. The Morgan fingerprint density at radius 2 is 1.58 bits per heavy atom. The summed E-state index contributed by atoms with van der Waals surface area (Å²) in [4.78, 5) is 0. The van der Waals surface area contributed by atoms with Crippen LogP contribution < -0.4 is 5.32 Å². The molecule has 64 valence electrons. The van der Waals surface area contributed by atoms with Crippen LogP contribution in [0.1, 0.15) is 5.56 Å². The van der Waals surface area contributed by atoms with Crippen LogP contribution in [0.3, 0.4) is 0 Å². The molecule has 0 spiro atoms. The van der Waals surface area contributed by atoms with Crippen molar-refractivity contribution >= 4 is 0 Å². The first-order chi connectivity index (χ1) is 5.89. The summed E-state index contributed by atoms with van der Waals surface area (Å²) in [5.74, 6) is 0. The van der Waals surface area contributed by atoms with Crippen LogP contribution in [0, 0.1) is 6.92 Å². The van der Waals surface area contributed by atoms with Crippen molar-refractivity contribution in [2.45, 2.75) is 6.92 Å². The first kappa shape index (κ1) is 9.01. The summed E-state index contributed by atoms with van der Waals surface area (Å²) in [6.45, 7) is 4.22. The molecule has 2 rings (SSSR count). The maximum atomic E-state index is 3.11. The van der Waals surface area contributed by atoms with E-state index in [4.69, 9.17) is 0 Å². The minimum absolute atomic E-state index is 1.07. The molecule has 0 saturated heterocycles. The molecule has 0 aliphatic carbocycles. The van der Waals surface area contributed by atoms with Gasteiger partial charge in [-0.3, -0.25) is 0 Å². The Balaban J connectivity index is 0.000000127. The van der Waals surface area contributed by atoms with Gasteiger partial charge in [0.05, 0.1) is 0 Å². The second kappa shape index (κ2) is 5.56. The Labute approximate surface area is 74.1 Å². The van der Waals surface area contributed by atoms with Gasteiger partial charge in [0.25, 0.3) is 0 Å². The molecule has 1 aromatic rings. The fourth-order valence-corrected chi connectivity index (χ4v) is 0.951. The lowest BCUT2D eigenvalue weighted by molar-refractivity contribution is 0.892. The van der Waals surface area contributed by atoms with Gasteiger partial charge >= 0.3 is 0 Å². The monoisotopic (exact) mass is 161 g/mol. The van der Waals surface area contributed by atoms with Gasteiger partial charge in [-0.1, -0.05) is 48.0 Å². The van der Waals surface area contributed by atoms with Crippen LogP contribution in [-0.4, -0.2) is 13.1 Å². The van der Waals surface area contributed by atoms with E-state index in [1.54, 1.807) is 0 Å². The van der Waals surface area contributed by atoms with Gasteiger partial charge in [-0.15, -0.1) is 0 Å². The number of rotatable bonds is 0. The van der Waals surface area contributed by atoms with Crippen LogP contribution in [0.4, 0.5) is 0 Å². The summed E-state index contributed by atoms with van der Waals surface area (Å²) in [6.07, 6.45) is 4.25. The molecule has 1 nitrogen and oxygen atoms in total. The lowest BCUT2D eigenvalue weighted by atomic mass is 10.2. The van der Waals surface area contributed by atoms with Crippen LogP contribution in [0.25, 0.3) is 0 Å². The van der Waals surface area contributed by atoms with E-state index >= 15 is 0 Å². The van der Waals surface area contributed by atoms with Gasteiger partial charge in [0.2, 0.25) is 0 Å². The third-order valence-electron chi connectivity index (χ3n) is 1.63. The quantitative estimate of drug-likeness (QED) is 0.575. The highest BCUT2D eigenvalue weighted by atomic mass is 14.9. The minimum Gasteiger partial charge on any atom is -0.310 e. The average Bonchev–Trinajstić information content (AvgIpc) is 2.62. The molecule has 1 N–H and O–H groups in total. The summed E-state index contributed by atoms with van der Waals surface area (Å²) in [6, 6.07) is 10.3. The maximum absolute atomic E-state index is 3.11. The maximum Gasteiger partial charge on any atom is 0.0138 e. The molecule has 1 heteroatoms. The van der Waals surface area contributed by atoms with Gasteiger partial charge in [-0.25, -0.2) is 0 Å². The zero-order valence-corrected chi connectivity index (χ0v) is 7.46. The van der Waals surface area contributed by atoms with Crippen molar-refractivity contribution in [1.82, 2.24) is 5.32 Å². The molecule has 0 atom stereocenters. The van der Waals surface area contributed by atoms with Crippen molar-refractivity contribution in [3.05, 3.63) is 48.0 Å². The Kier molecular flexibility index (Phi) is 4.17. The Hall–Kier alpha value is -1.08. The highest BCUT2D eigenvalue weighted by Gasteiger charge is 1.81. The van der Waals surface area contributed by atoms with E-state index < -0.39 is 0 Å². The second-order valence-corrected chi connectivity index (χ2v) is 2.78. The molecule has 1 aromatic carbocycles. The first-order valence-corrected chi connectivity index (χ1v) is 4.27. The highest BCUT2D eigenvalue weighted by Crippen LogP contribution is 1.92. The van der Waals surface area contributed by atoms with E-state index in [2.05, 4.69) is 36.5 Å². The fourth-order valence-electron chi connectivity index (χ4n) is 0.951. The van der Waals surface area contributed by atoms with Crippen molar-refractivity contribution in [1.29, 1.82) is 0 Å². The van der Waals surface area contributed by atoms with Crippen LogP contribution in [0.5, 0.6) is 0 Å². The lowest BCUT2D eigenvalue weighted by Crippen LogP contribution is -2.04. The van der Waals surface area contributed by atoms with Crippen molar-refractivity contribution in [2.24, 2.45) is 0 Å². The van der Waals surface area contributed by atoms with E-state index in [9.17, 15) is 0 Å². The van der Waals surface area contributed by atoms with Crippen molar-refractivity contribution < 1.29 is 0 Å². The third kappa shape index (κ3) is 3.94. The van der Waals surface area contributed by atoms with Gasteiger partial charge in [0.1, 0.15) is 0 Å². The van der Waals surface area contributed by atoms with Crippen LogP contribution >= 0.6 is 0 Å². The number of benzene rings is 1. The molecule has 1 aliphatic heterocycles. The molecule has 12 heavy (non-hydrogen) atoms. The average molecular weight is 161 g/mol. The molecule has 1 aliphatic rings. The molecule has 1 heterocycles. The smallest absolute Gasteiger partial charge is 0.0138 e. The Morgan fingerprint density at radius 3 is 1.83 bits per heavy atom. The van der Waals surface area contributed by atoms with E-state index in [-0.39, 0.29) is 0 Å². The number of aryl methyl sites for hydroxylation is 1. The second-order valence-electron chi connectivity index (χ2n) is 2.78. The molecule has 0 fully saturated rings. The number of nitrogens with one attached hydrogen (secondary N) is 1. The Morgan fingerprint density at radius 1 is 1.00 bits per heavy atom. The fraction of sp³-hybridized carbons (Fsp3) is 0.273. The largest absolute Gasteiger partial charge is 0.310 e.